The number of amides is 1. The average molecular weight is 754 g/mol. The molecular formula is C43H63NO8S. The first kappa shape index (κ1) is 43.9. The molecule has 0 saturated carbocycles. The van der Waals surface area contributed by atoms with Crippen molar-refractivity contribution in [2.24, 2.45) is 0 Å². The molecule has 1 aliphatic carbocycles. The van der Waals surface area contributed by atoms with E-state index in [0.29, 0.717) is 12.8 Å². The number of carbonyl (C=O) groups is 4. The van der Waals surface area contributed by atoms with Crippen LogP contribution in [0.3, 0.4) is 0 Å². The molecule has 0 saturated heterocycles. The summed E-state index contributed by atoms with van der Waals surface area (Å²) in [6.45, 7) is 4.27. The van der Waals surface area contributed by atoms with Crippen LogP contribution in [0.5, 0.6) is 0 Å². The Morgan fingerprint density at radius 1 is 0.660 bits per heavy atom. The summed E-state index contributed by atoms with van der Waals surface area (Å²) >= 11 is 1.20. The number of hydrogen-bond donors (Lipinski definition) is 2. The highest BCUT2D eigenvalue weighted by molar-refractivity contribution is 7.99. The molecule has 53 heavy (non-hydrogen) atoms. The van der Waals surface area contributed by atoms with Gasteiger partial charge in [-0.3, -0.25) is 9.59 Å². The molecule has 1 amide bonds. The van der Waals surface area contributed by atoms with Crippen molar-refractivity contribution in [2.45, 2.75) is 147 Å². The standard InChI is InChI=1S/C43H63NO8S/c1-3-5-7-8-9-10-11-12-13-14-15-16-18-27-40(45)50-29-33(52-41(46)28-17-6-4-2)31-53-32-39(42(47)48)44-43(49)51-30-38-36-25-21-19-23-34(36)35-24-20-22-26-37(35)38/h19-26,33,38-39H,3-18,27-32H2,1-2H3,(H,44,49)(H,47,48)/t33-,39+/m1/s1. The van der Waals surface area contributed by atoms with Gasteiger partial charge in [-0.05, 0) is 35.1 Å². The number of aliphatic carboxylic acids is 1. The highest BCUT2D eigenvalue weighted by atomic mass is 32.2. The second-order valence-electron chi connectivity index (χ2n) is 14.1. The molecule has 0 bridgehead atoms. The van der Waals surface area contributed by atoms with Gasteiger partial charge in [0.15, 0.2) is 0 Å². The van der Waals surface area contributed by atoms with E-state index >= 15 is 0 Å². The summed E-state index contributed by atoms with van der Waals surface area (Å²) in [5.74, 6) is -1.83. The molecule has 9 nitrogen and oxygen atoms in total. The second-order valence-corrected chi connectivity index (χ2v) is 15.2. The minimum absolute atomic E-state index is 0.0102. The van der Waals surface area contributed by atoms with Crippen molar-refractivity contribution in [3.8, 4) is 11.1 Å². The van der Waals surface area contributed by atoms with Gasteiger partial charge in [0.25, 0.3) is 0 Å². The van der Waals surface area contributed by atoms with Crippen LogP contribution in [-0.4, -0.2) is 66.0 Å². The zero-order valence-corrected chi connectivity index (χ0v) is 32.9. The summed E-state index contributed by atoms with van der Waals surface area (Å²) in [5.41, 5.74) is 4.32. The van der Waals surface area contributed by atoms with Gasteiger partial charge in [-0.1, -0.05) is 152 Å². The number of nitrogens with one attached hydrogen (secondary N) is 1. The van der Waals surface area contributed by atoms with Gasteiger partial charge in [0.2, 0.25) is 0 Å². The smallest absolute Gasteiger partial charge is 0.407 e. The lowest BCUT2D eigenvalue weighted by molar-refractivity contribution is -0.157. The number of fused-ring (bicyclic) bond motifs is 3. The van der Waals surface area contributed by atoms with Crippen LogP contribution in [0.25, 0.3) is 11.1 Å². The highest BCUT2D eigenvalue weighted by Gasteiger charge is 2.30. The number of esters is 2. The van der Waals surface area contributed by atoms with Crippen LogP contribution in [0.15, 0.2) is 48.5 Å². The van der Waals surface area contributed by atoms with E-state index in [1.807, 2.05) is 48.5 Å². The monoisotopic (exact) mass is 753 g/mol. The zero-order chi connectivity index (χ0) is 38.1. The molecule has 0 fully saturated rings. The van der Waals surface area contributed by atoms with Crippen molar-refractivity contribution < 1.29 is 38.5 Å². The third kappa shape index (κ3) is 17.0. The molecular weight excluding hydrogens is 691 g/mol. The predicted octanol–water partition coefficient (Wildman–Crippen LogP) is 10.2. The molecule has 3 rings (SSSR count). The van der Waals surface area contributed by atoms with Crippen LogP contribution in [0.2, 0.25) is 0 Å². The lowest BCUT2D eigenvalue weighted by Crippen LogP contribution is -2.43. The van der Waals surface area contributed by atoms with Crippen molar-refractivity contribution in [3.63, 3.8) is 0 Å². The molecule has 0 spiro atoms. The summed E-state index contributed by atoms with van der Waals surface area (Å²) in [5, 5.41) is 12.3. The van der Waals surface area contributed by atoms with E-state index in [1.165, 1.54) is 76.0 Å². The van der Waals surface area contributed by atoms with Crippen molar-refractivity contribution in [1.82, 2.24) is 5.32 Å². The molecule has 1 aliphatic rings. The van der Waals surface area contributed by atoms with Gasteiger partial charge in [0.05, 0.1) is 0 Å². The maximum atomic E-state index is 12.8. The summed E-state index contributed by atoms with van der Waals surface area (Å²) < 4.78 is 16.7. The van der Waals surface area contributed by atoms with Gasteiger partial charge in [-0.2, -0.15) is 11.8 Å². The number of alkyl carbamates (subject to hydrolysis) is 1. The molecule has 2 N–H and O–H groups in total. The molecule has 0 aromatic heterocycles. The number of thioether (sulfide) groups is 1. The number of benzene rings is 2. The Labute approximate surface area is 321 Å². The Hall–Kier alpha value is -3.53. The van der Waals surface area contributed by atoms with E-state index in [9.17, 15) is 24.3 Å². The van der Waals surface area contributed by atoms with E-state index in [1.54, 1.807) is 0 Å². The maximum absolute atomic E-state index is 12.8. The number of carbonyl (C=O) groups excluding carboxylic acids is 3. The third-order valence-electron chi connectivity index (χ3n) is 9.72. The van der Waals surface area contributed by atoms with Gasteiger partial charge in [0, 0.05) is 30.3 Å². The maximum Gasteiger partial charge on any atom is 0.407 e. The van der Waals surface area contributed by atoms with E-state index in [0.717, 1.165) is 54.4 Å². The van der Waals surface area contributed by atoms with Gasteiger partial charge >= 0.3 is 24.0 Å². The number of unbranched alkanes of at least 4 members (excludes halogenated alkanes) is 14. The normalized spacial score (nSPS) is 13.1. The van der Waals surface area contributed by atoms with Gasteiger partial charge < -0.3 is 24.6 Å². The molecule has 2 aromatic rings. The predicted molar refractivity (Wildman–Crippen MR) is 212 cm³/mol. The number of hydrogen-bond acceptors (Lipinski definition) is 8. The first-order valence-corrected chi connectivity index (χ1v) is 21.3. The van der Waals surface area contributed by atoms with Gasteiger partial charge in [-0.15, -0.1) is 0 Å². The Kier molecular flexibility index (Phi) is 21.8. The van der Waals surface area contributed by atoms with E-state index < -0.39 is 24.2 Å². The van der Waals surface area contributed by atoms with Crippen LogP contribution in [-0.2, 0) is 28.6 Å². The van der Waals surface area contributed by atoms with Crippen LogP contribution in [0, 0.1) is 0 Å². The van der Waals surface area contributed by atoms with Crippen LogP contribution >= 0.6 is 11.8 Å². The number of carboxylic acids is 1. The molecule has 0 aliphatic heterocycles. The summed E-state index contributed by atoms with van der Waals surface area (Å²) in [6.07, 6.45) is 17.5. The fraction of sp³-hybridized carbons (Fsp3) is 0.628. The molecule has 2 atom stereocenters. The quantitative estimate of drug-likeness (QED) is 0.0474. The lowest BCUT2D eigenvalue weighted by Gasteiger charge is -2.20. The molecule has 0 radical (unpaired) electrons. The van der Waals surface area contributed by atoms with Crippen LogP contribution in [0.1, 0.15) is 146 Å². The topological polar surface area (TPSA) is 128 Å². The van der Waals surface area contributed by atoms with Crippen molar-refractivity contribution >= 4 is 35.8 Å². The number of rotatable bonds is 29. The highest BCUT2D eigenvalue weighted by Crippen LogP contribution is 2.44. The van der Waals surface area contributed by atoms with Crippen molar-refractivity contribution in [2.75, 3.05) is 24.7 Å². The molecule has 10 heteroatoms. The average Bonchev–Trinajstić information content (AvgIpc) is 3.47. The summed E-state index contributed by atoms with van der Waals surface area (Å²) in [6, 6.07) is 14.7. The zero-order valence-electron chi connectivity index (χ0n) is 32.1. The van der Waals surface area contributed by atoms with E-state index in [2.05, 4.69) is 19.2 Å². The van der Waals surface area contributed by atoms with Crippen LogP contribution < -0.4 is 5.32 Å². The van der Waals surface area contributed by atoms with E-state index in [4.69, 9.17) is 14.2 Å². The molecule has 0 heterocycles. The van der Waals surface area contributed by atoms with Crippen molar-refractivity contribution in [1.29, 1.82) is 0 Å². The van der Waals surface area contributed by atoms with Gasteiger partial charge in [-0.25, -0.2) is 9.59 Å². The number of carboxylic acid groups (broad SMARTS) is 1. The Morgan fingerprint density at radius 2 is 1.15 bits per heavy atom. The third-order valence-corrected chi connectivity index (χ3v) is 10.9. The molecule has 294 valence electrons. The second kappa shape index (κ2) is 26.3. The lowest BCUT2D eigenvalue weighted by atomic mass is 9.98. The van der Waals surface area contributed by atoms with Crippen LogP contribution in [0.4, 0.5) is 4.79 Å². The Morgan fingerprint density at radius 3 is 1.72 bits per heavy atom. The Bertz CT molecular complexity index is 1340. The minimum Gasteiger partial charge on any atom is -0.480 e. The largest absolute Gasteiger partial charge is 0.480 e. The molecule has 0 unspecified atom stereocenters. The first-order valence-electron chi connectivity index (χ1n) is 20.1. The van der Waals surface area contributed by atoms with Gasteiger partial charge in [0.1, 0.15) is 25.4 Å². The van der Waals surface area contributed by atoms with Crippen molar-refractivity contribution in [3.05, 3.63) is 59.7 Å². The summed E-state index contributed by atoms with van der Waals surface area (Å²) in [7, 11) is 0. The summed E-state index contributed by atoms with van der Waals surface area (Å²) in [4.78, 5) is 49.9. The Balaban J connectivity index is 1.38. The fourth-order valence-electron chi connectivity index (χ4n) is 6.70. The minimum atomic E-state index is -1.23. The van der Waals surface area contributed by atoms with E-state index in [-0.39, 0.29) is 49.0 Å². The fourth-order valence-corrected chi connectivity index (χ4v) is 7.72. The molecule has 2 aromatic carbocycles. The number of ether oxygens (including phenoxy) is 3. The SMILES string of the molecule is CCCCCCCCCCCCCCCC(=O)OC[C@H](CSC[C@H](NC(=O)OCC1c2ccccc2-c2ccccc21)C(=O)O)OC(=O)CCCCC. The first-order chi connectivity index (χ1) is 25.8.